The molecule has 1 saturated heterocycles. The second-order valence-electron chi connectivity index (χ2n) is 6.51. The highest BCUT2D eigenvalue weighted by Gasteiger charge is 2.37. The summed E-state index contributed by atoms with van der Waals surface area (Å²) in [5.74, 6) is 1.57. The molecule has 98 valence electrons. The molecule has 3 unspecified atom stereocenters. The van der Waals surface area contributed by atoms with Gasteiger partial charge in [-0.3, -0.25) is 4.90 Å². The van der Waals surface area contributed by atoms with Gasteiger partial charge in [0.25, 0.3) is 0 Å². The lowest BCUT2D eigenvalue weighted by molar-refractivity contribution is 0.0514. The summed E-state index contributed by atoms with van der Waals surface area (Å²) in [5, 5.41) is 10.4. The van der Waals surface area contributed by atoms with Gasteiger partial charge in [0.2, 0.25) is 0 Å². The summed E-state index contributed by atoms with van der Waals surface area (Å²) < 4.78 is 0. The third-order valence-corrected chi connectivity index (χ3v) is 5.49. The van der Waals surface area contributed by atoms with E-state index in [1.54, 1.807) is 0 Å². The van der Waals surface area contributed by atoms with Crippen LogP contribution in [0.5, 0.6) is 0 Å². The summed E-state index contributed by atoms with van der Waals surface area (Å²) in [7, 11) is 0. The minimum atomic E-state index is -0.0434. The highest BCUT2D eigenvalue weighted by Crippen LogP contribution is 2.37. The average Bonchev–Trinajstić information content (AvgIpc) is 2.98. The molecule has 0 radical (unpaired) electrons. The molecule has 3 aliphatic rings. The van der Waals surface area contributed by atoms with E-state index in [1.165, 1.54) is 64.3 Å². The van der Waals surface area contributed by atoms with Gasteiger partial charge < -0.3 is 5.11 Å². The average molecular weight is 237 g/mol. The van der Waals surface area contributed by atoms with E-state index in [9.17, 15) is 5.11 Å². The van der Waals surface area contributed by atoms with Gasteiger partial charge in [0.1, 0.15) is 0 Å². The van der Waals surface area contributed by atoms with E-state index in [0.717, 1.165) is 18.5 Å². The Labute approximate surface area is 105 Å². The van der Waals surface area contributed by atoms with Crippen LogP contribution in [-0.4, -0.2) is 35.2 Å². The van der Waals surface area contributed by atoms with E-state index in [2.05, 4.69) is 4.90 Å². The minimum Gasteiger partial charge on any atom is -0.392 e. The molecule has 2 aliphatic carbocycles. The lowest BCUT2D eigenvalue weighted by Crippen LogP contribution is -2.41. The summed E-state index contributed by atoms with van der Waals surface area (Å²) >= 11 is 0. The Kier molecular flexibility index (Phi) is 3.72. The number of hydrogen-bond donors (Lipinski definition) is 1. The van der Waals surface area contributed by atoms with E-state index >= 15 is 0 Å². The fourth-order valence-electron chi connectivity index (χ4n) is 4.46. The van der Waals surface area contributed by atoms with Crippen LogP contribution in [0.2, 0.25) is 0 Å². The zero-order chi connectivity index (χ0) is 11.7. The Bertz CT molecular complexity index is 249. The zero-order valence-electron chi connectivity index (χ0n) is 11.0. The number of rotatable bonds is 3. The number of nitrogens with zero attached hydrogens (tertiary/aromatic N) is 1. The van der Waals surface area contributed by atoms with Crippen LogP contribution in [0.15, 0.2) is 0 Å². The van der Waals surface area contributed by atoms with Crippen LogP contribution in [-0.2, 0) is 0 Å². The first kappa shape index (κ1) is 12.0. The van der Waals surface area contributed by atoms with Crippen molar-refractivity contribution < 1.29 is 5.11 Å². The molecule has 0 amide bonds. The highest BCUT2D eigenvalue weighted by atomic mass is 16.3. The van der Waals surface area contributed by atoms with Crippen molar-refractivity contribution in [2.45, 2.75) is 69.9 Å². The van der Waals surface area contributed by atoms with E-state index in [0.29, 0.717) is 5.92 Å². The Balaban J connectivity index is 1.54. The molecule has 3 rings (SSSR count). The van der Waals surface area contributed by atoms with Gasteiger partial charge in [0.05, 0.1) is 6.10 Å². The van der Waals surface area contributed by atoms with Crippen LogP contribution < -0.4 is 0 Å². The molecule has 1 heterocycles. The van der Waals surface area contributed by atoms with Crippen LogP contribution in [0, 0.1) is 11.8 Å². The first-order chi connectivity index (χ1) is 8.34. The number of aliphatic hydroxyl groups is 1. The van der Waals surface area contributed by atoms with Crippen molar-refractivity contribution in [1.82, 2.24) is 4.90 Å². The molecular formula is C15H27NO. The Hall–Kier alpha value is -0.0800. The Morgan fingerprint density at radius 2 is 1.65 bits per heavy atom. The molecule has 1 aliphatic heterocycles. The largest absolute Gasteiger partial charge is 0.392 e. The Morgan fingerprint density at radius 3 is 2.47 bits per heavy atom. The van der Waals surface area contributed by atoms with Crippen LogP contribution in [0.25, 0.3) is 0 Å². The molecule has 0 spiro atoms. The maximum atomic E-state index is 10.4. The molecule has 0 bridgehead atoms. The van der Waals surface area contributed by atoms with Crippen LogP contribution in [0.3, 0.4) is 0 Å². The van der Waals surface area contributed by atoms with E-state index in [4.69, 9.17) is 0 Å². The molecule has 2 nitrogen and oxygen atoms in total. The first-order valence-electron chi connectivity index (χ1n) is 7.77. The van der Waals surface area contributed by atoms with Gasteiger partial charge >= 0.3 is 0 Å². The molecule has 0 aromatic heterocycles. The van der Waals surface area contributed by atoms with Gasteiger partial charge in [-0.25, -0.2) is 0 Å². The fourth-order valence-corrected chi connectivity index (χ4v) is 4.46. The topological polar surface area (TPSA) is 23.5 Å². The van der Waals surface area contributed by atoms with E-state index < -0.39 is 0 Å². The first-order valence-corrected chi connectivity index (χ1v) is 7.77. The van der Waals surface area contributed by atoms with Crippen LogP contribution in [0.4, 0.5) is 0 Å². The van der Waals surface area contributed by atoms with E-state index in [-0.39, 0.29) is 6.10 Å². The van der Waals surface area contributed by atoms with Crippen LogP contribution >= 0.6 is 0 Å². The summed E-state index contributed by atoms with van der Waals surface area (Å²) in [5.41, 5.74) is 0. The molecule has 3 fully saturated rings. The maximum Gasteiger partial charge on any atom is 0.0695 e. The monoisotopic (exact) mass is 237 g/mol. The van der Waals surface area contributed by atoms with Crippen molar-refractivity contribution in [2.24, 2.45) is 11.8 Å². The molecular weight excluding hydrogens is 210 g/mol. The molecule has 3 atom stereocenters. The number of hydrogen-bond acceptors (Lipinski definition) is 2. The summed E-state index contributed by atoms with van der Waals surface area (Å²) in [6.45, 7) is 2.21. The molecule has 2 saturated carbocycles. The van der Waals surface area contributed by atoms with Gasteiger partial charge in [-0.1, -0.05) is 25.7 Å². The highest BCUT2D eigenvalue weighted by molar-refractivity contribution is 4.91. The number of aliphatic hydroxyl groups excluding tert-OH is 1. The minimum absolute atomic E-state index is 0.0434. The molecule has 0 aromatic carbocycles. The third kappa shape index (κ3) is 2.53. The fraction of sp³-hybridized carbons (Fsp3) is 1.00. The Morgan fingerprint density at radius 1 is 0.941 bits per heavy atom. The quantitative estimate of drug-likeness (QED) is 0.816. The van der Waals surface area contributed by atoms with Crippen LogP contribution in [0.1, 0.15) is 57.8 Å². The van der Waals surface area contributed by atoms with Gasteiger partial charge in [0, 0.05) is 12.6 Å². The normalized spacial score (nSPS) is 37.2. The van der Waals surface area contributed by atoms with E-state index in [1.807, 2.05) is 0 Å². The second-order valence-corrected chi connectivity index (χ2v) is 6.51. The second kappa shape index (κ2) is 5.27. The summed E-state index contributed by atoms with van der Waals surface area (Å²) in [6.07, 6.45) is 12.3. The third-order valence-electron chi connectivity index (χ3n) is 5.49. The summed E-state index contributed by atoms with van der Waals surface area (Å²) in [6, 6.07) is 0.819. The van der Waals surface area contributed by atoms with Crippen molar-refractivity contribution in [3.63, 3.8) is 0 Å². The standard InChI is InChI=1S/C15H27NO/c17-15(13-6-1-2-7-13)11-16-10-9-12-5-3-4-8-14(12)16/h12-15,17H,1-11H2. The molecule has 2 heteroatoms. The number of β-amino-alcohol motifs (C(OH)–C–C–N with tert-alkyl or cyclic N) is 1. The van der Waals surface area contributed by atoms with Crippen molar-refractivity contribution in [3.05, 3.63) is 0 Å². The number of likely N-dealkylation sites (tertiary alicyclic amines) is 1. The molecule has 0 aromatic rings. The smallest absolute Gasteiger partial charge is 0.0695 e. The van der Waals surface area contributed by atoms with Crippen molar-refractivity contribution in [2.75, 3.05) is 13.1 Å². The zero-order valence-corrected chi connectivity index (χ0v) is 11.0. The predicted molar refractivity (Wildman–Crippen MR) is 69.9 cm³/mol. The van der Waals surface area contributed by atoms with Crippen molar-refractivity contribution in [3.8, 4) is 0 Å². The lowest BCUT2D eigenvalue weighted by Gasteiger charge is -2.34. The predicted octanol–water partition coefficient (Wildman–Crippen LogP) is 2.80. The maximum absolute atomic E-state index is 10.4. The van der Waals surface area contributed by atoms with Crippen molar-refractivity contribution in [1.29, 1.82) is 0 Å². The van der Waals surface area contributed by atoms with Gasteiger partial charge in [-0.05, 0) is 50.5 Å². The summed E-state index contributed by atoms with van der Waals surface area (Å²) in [4.78, 5) is 2.62. The number of fused-ring (bicyclic) bond motifs is 1. The lowest BCUT2D eigenvalue weighted by atomic mass is 9.85. The SMILES string of the molecule is OC(CN1CCC2CCCCC21)C1CCCC1. The van der Waals surface area contributed by atoms with Crippen molar-refractivity contribution >= 4 is 0 Å². The van der Waals surface area contributed by atoms with Gasteiger partial charge in [0.15, 0.2) is 0 Å². The molecule has 17 heavy (non-hydrogen) atoms. The molecule has 1 N–H and O–H groups in total. The van der Waals surface area contributed by atoms with Gasteiger partial charge in [-0.2, -0.15) is 0 Å². The van der Waals surface area contributed by atoms with Gasteiger partial charge in [-0.15, -0.1) is 0 Å².